The van der Waals surface area contributed by atoms with Crippen molar-refractivity contribution in [2.75, 3.05) is 6.61 Å². The predicted molar refractivity (Wildman–Crippen MR) is 82.2 cm³/mol. The van der Waals surface area contributed by atoms with Gasteiger partial charge in [0.15, 0.2) is 18.3 Å². The molecule has 9 heteroatoms. The minimum absolute atomic E-state index is 0.200. The summed E-state index contributed by atoms with van der Waals surface area (Å²) in [6, 6.07) is 0. The van der Waals surface area contributed by atoms with Crippen LogP contribution in [0.15, 0.2) is 0 Å². The van der Waals surface area contributed by atoms with Gasteiger partial charge in [-0.2, -0.15) is 0 Å². The lowest BCUT2D eigenvalue weighted by Crippen LogP contribution is -2.62. The van der Waals surface area contributed by atoms with Crippen molar-refractivity contribution in [3.63, 3.8) is 0 Å². The molecule has 0 spiro atoms. The molecular weight excluding hydrogens is 336 g/mol. The largest absolute Gasteiger partial charge is 0.463 e. The number of esters is 4. The summed E-state index contributed by atoms with van der Waals surface area (Å²) in [5.41, 5.74) is 0. The summed E-state index contributed by atoms with van der Waals surface area (Å²) in [7, 11) is 0. The van der Waals surface area contributed by atoms with Gasteiger partial charge in [0.05, 0.1) is 6.10 Å². The lowest BCUT2D eigenvalue weighted by molar-refractivity contribution is -0.252. The number of carbonyl (C=O) groups is 4. The van der Waals surface area contributed by atoms with E-state index in [4.69, 9.17) is 23.7 Å². The van der Waals surface area contributed by atoms with E-state index in [0.29, 0.717) is 6.42 Å². The Labute approximate surface area is 145 Å². The summed E-state index contributed by atoms with van der Waals surface area (Å²) >= 11 is 0. The lowest BCUT2D eigenvalue weighted by atomic mass is 9.93. The zero-order valence-corrected chi connectivity index (χ0v) is 15.0. The lowest BCUT2D eigenvalue weighted by Gasteiger charge is -2.44. The van der Waals surface area contributed by atoms with Gasteiger partial charge in [0.25, 0.3) is 0 Å². The molecule has 0 unspecified atom stereocenters. The van der Waals surface area contributed by atoms with E-state index in [9.17, 15) is 19.2 Å². The topological polar surface area (TPSA) is 114 Å². The molecule has 5 atom stereocenters. The molecule has 0 bridgehead atoms. The Morgan fingerprint density at radius 1 is 0.720 bits per heavy atom. The number of carbonyl (C=O) groups excluding carboxylic acids is 4. The van der Waals surface area contributed by atoms with E-state index in [2.05, 4.69) is 0 Å². The highest BCUT2D eigenvalue weighted by atomic mass is 16.7. The molecule has 142 valence electrons. The molecular formula is C16H24O9. The van der Waals surface area contributed by atoms with Crippen LogP contribution in [0.2, 0.25) is 0 Å². The summed E-state index contributed by atoms with van der Waals surface area (Å²) in [5, 5.41) is 0. The maximum atomic E-state index is 11.5. The van der Waals surface area contributed by atoms with Crippen LogP contribution in [0.25, 0.3) is 0 Å². The van der Waals surface area contributed by atoms with Crippen LogP contribution in [-0.4, -0.2) is 61.0 Å². The Balaban J connectivity index is 3.18. The van der Waals surface area contributed by atoms with Gasteiger partial charge in [-0.05, 0) is 6.42 Å². The van der Waals surface area contributed by atoms with Gasteiger partial charge in [-0.15, -0.1) is 0 Å². The van der Waals surface area contributed by atoms with Crippen LogP contribution in [0, 0.1) is 0 Å². The average Bonchev–Trinajstić information content (AvgIpc) is 2.48. The summed E-state index contributed by atoms with van der Waals surface area (Å²) in [5.74, 6) is -2.41. The molecule has 1 aliphatic rings. The summed E-state index contributed by atoms with van der Waals surface area (Å²) in [6.07, 6.45) is -4.18. The van der Waals surface area contributed by atoms with Crippen molar-refractivity contribution in [3.05, 3.63) is 0 Å². The van der Waals surface area contributed by atoms with E-state index < -0.39 is 54.4 Å². The van der Waals surface area contributed by atoms with Gasteiger partial charge < -0.3 is 23.7 Å². The third kappa shape index (κ3) is 6.33. The molecule has 0 aromatic rings. The highest BCUT2D eigenvalue weighted by Crippen LogP contribution is 2.30. The molecule has 0 aromatic carbocycles. The third-order valence-corrected chi connectivity index (χ3v) is 3.49. The van der Waals surface area contributed by atoms with E-state index in [-0.39, 0.29) is 6.61 Å². The zero-order valence-electron chi connectivity index (χ0n) is 15.0. The molecule has 1 rings (SSSR count). The normalized spacial score (nSPS) is 28.6. The SMILES string of the molecule is CC[C@H]1O[C@H](COC(C)=O)[C@@H](OC(C)=O)[C@H](OC(C)=O)[C@@H]1OC(C)=O. The molecule has 1 aliphatic heterocycles. The molecule has 0 radical (unpaired) electrons. The maximum absolute atomic E-state index is 11.5. The van der Waals surface area contributed by atoms with Crippen LogP contribution in [0.1, 0.15) is 41.0 Å². The molecule has 0 aliphatic carbocycles. The van der Waals surface area contributed by atoms with Crippen molar-refractivity contribution in [1.29, 1.82) is 0 Å². The van der Waals surface area contributed by atoms with Gasteiger partial charge in [0, 0.05) is 27.7 Å². The molecule has 9 nitrogen and oxygen atoms in total. The Bertz CT molecular complexity index is 516. The second-order valence-corrected chi connectivity index (χ2v) is 5.65. The van der Waals surface area contributed by atoms with Gasteiger partial charge in [-0.1, -0.05) is 6.92 Å². The molecule has 0 N–H and O–H groups in total. The van der Waals surface area contributed by atoms with E-state index >= 15 is 0 Å². The Morgan fingerprint density at radius 2 is 1.16 bits per heavy atom. The third-order valence-electron chi connectivity index (χ3n) is 3.49. The van der Waals surface area contributed by atoms with Crippen LogP contribution < -0.4 is 0 Å². The maximum Gasteiger partial charge on any atom is 0.303 e. The molecule has 1 fully saturated rings. The van der Waals surface area contributed by atoms with Gasteiger partial charge in [0.2, 0.25) is 0 Å². The number of ether oxygens (including phenoxy) is 5. The molecule has 0 amide bonds. The van der Waals surface area contributed by atoms with Gasteiger partial charge in [-0.25, -0.2) is 0 Å². The van der Waals surface area contributed by atoms with Crippen molar-refractivity contribution in [1.82, 2.24) is 0 Å². The minimum atomic E-state index is -1.09. The smallest absolute Gasteiger partial charge is 0.303 e. The monoisotopic (exact) mass is 360 g/mol. The van der Waals surface area contributed by atoms with Gasteiger partial charge >= 0.3 is 23.9 Å². The van der Waals surface area contributed by atoms with E-state index in [1.807, 2.05) is 0 Å². The Kier molecular flexibility index (Phi) is 7.82. The highest BCUT2D eigenvalue weighted by molar-refractivity contribution is 5.68. The van der Waals surface area contributed by atoms with Crippen molar-refractivity contribution in [2.45, 2.75) is 71.6 Å². The first kappa shape index (κ1) is 20.9. The van der Waals surface area contributed by atoms with E-state index in [1.165, 1.54) is 27.7 Å². The number of hydrogen-bond donors (Lipinski definition) is 0. The van der Waals surface area contributed by atoms with Crippen LogP contribution in [-0.2, 0) is 42.9 Å². The van der Waals surface area contributed by atoms with Gasteiger partial charge in [-0.3, -0.25) is 19.2 Å². The molecule has 25 heavy (non-hydrogen) atoms. The number of rotatable bonds is 6. The summed E-state index contributed by atoms with van der Waals surface area (Å²) in [4.78, 5) is 45.5. The fourth-order valence-corrected chi connectivity index (χ4v) is 2.65. The molecule has 0 aromatic heterocycles. The average molecular weight is 360 g/mol. The Morgan fingerprint density at radius 3 is 1.56 bits per heavy atom. The van der Waals surface area contributed by atoms with Crippen molar-refractivity contribution in [2.24, 2.45) is 0 Å². The van der Waals surface area contributed by atoms with Crippen molar-refractivity contribution >= 4 is 23.9 Å². The molecule has 0 saturated carbocycles. The minimum Gasteiger partial charge on any atom is -0.463 e. The second-order valence-electron chi connectivity index (χ2n) is 5.65. The van der Waals surface area contributed by atoms with Crippen LogP contribution in [0.5, 0.6) is 0 Å². The van der Waals surface area contributed by atoms with Crippen molar-refractivity contribution in [3.8, 4) is 0 Å². The first-order valence-electron chi connectivity index (χ1n) is 7.96. The molecule has 1 saturated heterocycles. The fourth-order valence-electron chi connectivity index (χ4n) is 2.65. The van der Waals surface area contributed by atoms with Crippen LogP contribution >= 0.6 is 0 Å². The summed E-state index contributed by atoms with van der Waals surface area (Å²) in [6.45, 7) is 6.40. The van der Waals surface area contributed by atoms with E-state index in [0.717, 1.165) is 0 Å². The second kappa shape index (κ2) is 9.36. The molecule has 1 heterocycles. The predicted octanol–water partition coefficient (Wildman–Crippen LogP) is 0.522. The fraction of sp³-hybridized carbons (Fsp3) is 0.750. The number of hydrogen-bond acceptors (Lipinski definition) is 9. The Hall–Kier alpha value is -2.16. The highest BCUT2D eigenvalue weighted by Gasteiger charge is 2.51. The van der Waals surface area contributed by atoms with Gasteiger partial charge in [0.1, 0.15) is 12.7 Å². The van der Waals surface area contributed by atoms with Crippen molar-refractivity contribution < 1.29 is 42.9 Å². The first-order valence-corrected chi connectivity index (χ1v) is 7.96. The first-order chi connectivity index (χ1) is 11.6. The quantitative estimate of drug-likeness (QED) is 0.494. The zero-order chi connectivity index (χ0) is 19.1. The standard InChI is InChI=1S/C16H24O9/c1-6-12-14(22-9(3)18)16(24-11(5)20)15(23-10(4)19)13(25-12)7-21-8(2)17/h12-16H,6-7H2,1-5H3/t12-,13-,14-,15-,16-/m1/s1. The van der Waals surface area contributed by atoms with E-state index in [1.54, 1.807) is 6.92 Å². The van der Waals surface area contributed by atoms with Crippen LogP contribution in [0.3, 0.4) is 0 Å². The van der Waals surface area contributed by atoms with Crippen LogP contribution in [0.4, 0.5) is 0 Å². The summed E-state index contributed by atoms with van der Waals surface area (Å²) < 4.78 is 26.5.